The lowest BCUT2D eigenvalue weighted by Gasteiger charge is -2.06. The van der Waals surface area contributed by atoms with Crippen LogP contribution in [-0.2, 0) is 18.3 Å². The van der Waals surface area contributed by atoms with Crippen molar-refractivity contribution in [3.8, 4) is 0 Å². The van der Waals surface area contributed by atoms with Crippen molar-refractivity contribution >= 4 is 17.4 Å². The van der Waals surface area contributed by atoms with E-state index in [9.17, 15) is 13.6 Å². The van der Waals surface area contributed by atoms with Gasteiger partial charge in [0.05, 0.1) is 0 Å². The first kappa shape index (κ1) is 11.1. The van der Waals surface area contributed by atoms with Crippen LogP contribution in [0.1, 0.15) is 12.1 Å². The van der Waals surface area contributed by atoms with E-state index in [0.717, 1.165) is 5.69 Å². The molecular formula is C8H9ClF2N2O. The number of aryl methyl sites for hydroxylation is 2. The topological polar surface area (TPSA) is 34.9 Å². The Labute approximate surface area is 84.7 Å². The first-order valence-corrected chi connectivity index (χ1v) is 4.36. The first-order valence-electron chi connectivity index (χ1n) is 3.98. The van der Waals surface area contributed by atoms with Gasteiger partial charge >= 0.3 is 5.38 Å². The number of rotatable bonds is 4. The van der Waals surface area contributed by atoms with Gasteiger partial charge in [0, 0.05) is 25.4 Å². The van der Waals surface area contributed by atoms with Gasteiger partial charge in [0.15, 0.2) is 0 Å². The third-order valence-corrected chi connectivity index (χ3v) is 2.06. The molecule has 0 aliphatic heterocycles. The fourth-order valence-corrected chi connectivity index (χ4v) is 1.12. The van der Waals surface area contributed by atoms with E-state index >= 15 is 0 Å². The number of nitrogens with zero attached hydrogens (tertiary/aromatic N) is 2. The van der Waals surface area contributed by atoms with Crippen molar-refractivity contribution in [1.82, 2.24) is 9.78 Å². The van der Waals surface area contributed by atoms with E-state index in [1.165, 1.54) is 4.68 Å². The number of carbonyl (C=O) groups is 1. The number of hydrogen-bond donors (Lipinski definition) is 0. The molecule has 1 aromatic rings. The number of ketones is 1. The summed E-state index contributed by atoms with van der Waals surface area (Å²) in [5.41, 5.74) is 0.722. The molecule has 1 aromatic heterocycles. The smallest absolute Gasteiger partial charge is 0.291 e. The zero-order valence-corrected chi connectivity index (χ0v) is 8.26. The Morgan fingerprint density at radius 1 is 1.71 bits per heavy atom. The van der Waals surface area contributed by atoms with E-state index in [1.54, 1.807) is 19.3 Å². The van der Waals surface area contributed by atoms with Gasteiger partial charge in [0.25, 0.3) is 0 Å². The van der Waals surface area contributed by atoms with E-state index in [2.05, 4.69) is 16.7 Å². The number of alkyl halides is 3. The summed E-state index contributed by atoms with van der Waals surface area (Å²) in [6.07, 6.45) is 1.48. The summed E-state index contributed by atoms with van der Waals surface area (Å²) < 4.78 is 26.0. The number of aromatic nitrogens is 2. The van der Waals surface area contributed by atoms with Crippen LogP contribution in [0.2, 0.25) is 0 Å². The number of hydrogen-bond acceptors (Lipinski definition) is 2. The highest BCUT2D eigenvalue weighted by Crippen LogP contribution is 2.22. The summed E-state index contributed by atoms with van der Waals surface area (Å²) in [7, 11) is 1.68. The van der Waals surface area contributed by atoms with E-state index in [4.69, 9.17) is 0 Å². The molecule has 0 saturated carbocycles. The van der Waals surface area contributed by atoms with Crippen LogP contribution in [0.5, 0.6) is 0 Å². The molecule has 0 spiro atoms. The molecular weight excluding hydrogens is 214 g/mol. The molecule has 1 rings (SSSR count). The Hall–Kier alpha value is -0.970. The molecule has 0 unspecified atom stereocenters. The molecule has 0 amide bonds. The highest BCUT2D eigenvalue weighted by molar-refractivity contribution is 6.32. The molecule has 0 bridgehead atoms. The van der Waals surface area contributed by atoms with Crippen molar-refractivity contribution < 1.29 is 13.6 Å². The largest absolute Gasteiger partial charge is 0.380 e. The van der Waals surface area contributed by atoms with Crippen LogP contribution in [0.4, 0.5) is 8.78 Å². The molecule has 0 aromatic carbocycles. The zero-order valence-electron chi connectivity index (χ0n) is 7.51. The van der Waals surface area contributed by atoms with Gasteiger partial charge in [-0.2, -0.15) is 13.9 Å². The van der Waals surface area contributed by atoms with Gasteiger partial charge in [-0.1, -0.05) is 0 Å². The van der Waals surface area contributed by atoms with Crippen molar-refractivity contribution in [3.05, 3.63) is 18.0 Å². The summed E-state index contributed by atoms with van der Waals surface area (Å²) in [4.78, 5) is 10.8. The highest BCUT2D eigenvalue weighted by atomic mass is 35.5. The Morgan fingerprint density at radius 2 is 2.36 bits per heavy atom. The predicted octanol–water partition coefficient (Wildman–Crippen LogP) is 1.75. The maximum Gasteiger partial charge on any atom is 0.380 e. The lowest BCUT2D eigenvalue weighted by Crippen LogP contribution is -2.22. The van der Waals surface area contributed by atoms with E-state index in [-0.39, 0.29) is 12.8 Å². The van der Waals surface area contributed by atoms with Crippen LogP contribution < -0.4 is 0 Å². The van der Waals surface area contributed by atoms with Crippen molar-refractivity contribution in [2.75, 3.05) is 0 Å². The van der Waals surface area contributed by atoms with Crippen LogP contribution in [0.25, 0.3) is 0 Å². The second-order valence-electron chi connectivity index (χ2n) is 2.87. The molecule has 0 aliphatic rings. The maximum absolute atomic E-state index is 12.2. The quantitative estimate of drug-likeness (QED) is 0.728. The maximum atomic E-state index is 12.2. The predicted molar refractivity (Wildman–Crippen MR) is 47.3 cm³/mol. The molecule has 1 heterocycles. The second kappa shape index (κ2) is 4.04. The summed E-state index contributed by atoms with van der Waals surface area (Å²) in [6.45, 7) is 0. The minimum absolute atomic E-state index is 0.220. The SMILES string of the molecule is Cn1nccc1CCC(=O)C(F)(F)Cl. The third-order valence-electron chi connectivity index (χ3n) is 1.85. The summed E-state index contributed by atoms with van der Waals surface area (Å²) >= 11 is 4.56. The van der Waals surface area contributed by atoms with Gasteiger partial charge in [-0.3, -0.25) is 9.48 Å². The lowest BCUT2D eigenvalue weighted by atomic mass is 10.2. The van der Waals surface area contributed by atoms with Gasteiger partial charge in [0.1, 0.15) is 0 Å². The fraction of sp³-hybridized carbons (Fsp3) is 0.500. The monoisotopic (exact) mass is 222 g/mol. The molecule has 0 aliphatic carbocycles. The van der Waals surface area contributed by atoms with Crippen LogP contribution in [-0.4, -0.2) is 20.9 Å². The molecule has 0 fully saturated rings. The van der Waals surface area contributed by atoms with Gasteiger partial charge in [-0.15, -0.1) is 0 Å². The molecule has 6 heteroatoms. The first-order chi connectivity index (χ1) is 6.41. The lowest BCUT2D eigenvalue weighted by molar-refractivity contribution is -0.133. The number of carbonyl (C=O) groups excluding carboxylic acids is 1. The number of halogens is 3. The minimum Gasteiger partial charge on any atom is -0.291 e. The average molecular weight is 223 g/mol. The molecule has 0 saturated heterocycles. The standard InChI is InChI=1S/C8H9ClF2N2O/c1-13-6(4-5-12-13)2-3-7(14)8(9,10)11/h4-5H,2-3H2,1H3. The van der Waals surface area contributed by atoms with Gasteiger partial charge in [-0.05, 0) is 24.1 Å². The molecule has 0 N–H and O–H groups in total. The van der Waals surface area contributed by atoms with Crippen LogP contribution in [0.3, 0.4) is 0 Å². The molecule has 3 nitrogen and oxygen atoms in total. The normalized spacial score (nSPS) is 11.7. The Balaban J connectivity index is 2.50. The van der Waals surface area contributed by atoms with Gasteiger partial charge in [-0.25, -0.2) is 0 Å². The van der Waals surface area contributed by atoms with Crippen molar-refractivity contribution in [1.29, 1.82) is 0 Å². The molecule has 14 heavy (non-hydrogen) atoms. The minimum atomic E-state index is -3.75. The summed E-state index contributed by atoms with van der Waals surface area (Å²) in [6, 6.07) is 1.67. The Kier molecular flexibility index (Phi) is 3.21. The number of Topliss-reactive ketones (excluding diaryl/α,β-unsaturated/α-hetero) is 1. The van der Waals surface area contributed by atoms with Crippen molar-refractivity contribution in [2.45, 2.75) is 18.2 Å². The van der Waals surface area contributed by atoms with Crippen molar-refractivity contribution in [3.63, 3.8) is 0 Å². The molecule has 0 radical (unpaired) electrons. The Bertz CT molecular complexity index is 332. The summed E-state index contributed by atoms with van der Waals surface area (Å²) in [5, 5.41) is 0.0902. The molecule has 0 atom stereocenters. The fourth-order valence-electron chi connectivity index (χ4n) is 1.03. The van der Waals surface area contributed by atoms with Crippen LogP contribution >= 0.6 is 11.6 Å². The van der Waals surface area contributed by atoms with Crippen LogP contribution in [0, 0.1) is 0 Å². The molecule has 78 valence electrons. The average Bonchev–Trinajstić information content (AvgIpc) is 2.45. The van der Waals surface area contributed by atoms with E-state index < -0.39 is 11.2 Å². The van der Waals surface area contributed by atoms with Crippen LogP contribution in [0.15, 0.2) is 12.3 Å². The van der Waals surface area contributed by atoms with Crippen molar-refractivity contribution in [2.24, 2.45) is 7.05 Å². The van der Waals surface area contributed by atoms with Gasteiger partial charge in [0.2, 0.25) is 5.78 Å². The third kappa shape index (κ3) is 2.77. The zero-order chi connectivity index (χ0) is 10.8. The summed E-state index contributed by atoms with van der Waals surface area (Å²) in [5.74, 6) is -1.26. The second-order valence-corrected chi connectivity index (χ2v) is 3.34. The van der Waals surface area contributed by atoms with Gasteiger partial charge < -0.3 is 0 Å². The van der Waals surface area contributed by atoms with E-state index in [1.807, 2.05) is 0 Å². The highest BCUT2D eigenvalue weighted by Gasteiger charge is 2.34. The Morgan fingerprint density at radius 3 is 2.79 bits per heavy atom. The van der Waals surface area contributed by atoms with E-state index in [0.29, 0.717) is 0 Å².